The highest BCUT2D eigenvalue weighted by molar-refractivity contribution is 8.19. The van der Waals surface area contributed by atoms with E-state index in [2.05, 4.69) is 0 Å². The lowest BCUT2D eigenvalue weighted by molar-refractivity contribution is -0.384. The Labute approximate surface area is 141 Å². The van der Waals surface area contributed by atoms with Crippen molar-refractivity contribution in [3.8, 4) is 5.75 Å². The van der Waals surface area contributed by atoms with E-state index in [9.17, 15) is 14.9 Å². The van der Waals surface area contributed by atoms with Crippen LogP contribution in [-0.4, -0.2) is 22.4 Å². The van der Waals surface area contributed by atoms with Crippen LogP contribution in [0, 0.1) is 10.1 Å². The van der Waals surface area contributed by atoms with E-state index in [-0.39, 0.29) is 11.4 Å². The Morgan fingerprint density at radius 3 is 2.48 bits per heavy atom. The lowest BCUT2D eigenvalue weighted by Crippen LogP contribution is -2.08. The second kappa shape index (κ2) is 7.06. The van der Waals surface area contributed by atoms with Crippen molar-refractivity contribution in [3.05, 3.63) is 69.8 Å². The first kappa shape index (κ1) is 15.9. The smallest absolute Gasteiger partial charge is 0.343 e. The number of non-ortho nitro benzene ring substituents is 1. The Morgan fingerprint density at radius 2 is 1.83 bits per heavy atom. The van der Waals surface area contributed by atoms with E-state index < -0.39 is 10.9 Å². The fourth-order valence-corrected chi connectivity index (χ4v) is 5.01. The number of carbonyl (C=O) groups is 1. The van der Waals surface area contributed by atoms with Gasteiger partial charge in [0.25, 0.3) is 5.69 Å². The SMILES string of the molecule is O=C(Oc1cccc([N+](=O)[O-])c1)c1ccc(C2SCCS2)cc1. The molecule has 0 radical (unpaired) electrons. The largest absolute Gasteiger partial charge is 0.423 e. The zero-order valence-corrected chi connectivity index (χ0v) is 13.6. The van der Waals surface area contributed by atoms with Crippen LogP contribution in [0.2, 0.25) is 0 Å². The molecule has 2 aromatic carbocycles. The number of nitrogens with zero attached hydrogens (tertiary/aromatic N) is 1. The van der Waals surface area contributed by atoms with Gasteiger partial charge in [-0.3, -0.25) is 10.1 Å². The van der Waals surface area contributed by atoms with E-state index in [1.165, 1.54) is 29.8 Å². The predicted octanol–water partition coefficient (Wildman–Crippen LogP) is 4.29. The molecule has 3 rings (SSSR count). The summed E-state index contributed by atoms with van der Waals surface area (Å²) < 4.78 is 5.63. The van der Waals surface area contributed by atoms with Crippen LogP contribution < -0.4 is 4.74 Å². The van der Waals surface area contributed by atoms with Gasteiger partial charge in [0.05, 0.1) is 21.1 Å². The van der Waals surface area contributed by atoms with Crippen LogP contribution in [0.25, 0.3) is 0 Å². The number of hydrogen-bond donors (Lipinski definition) is 0. The molecule has 5 nitrogen and oxygen atoms in total. The molecular formula is C16H13NO4S2. The average molecular weight is 347 g/mol. The minimum absolute atomic E-state index is 0.110. The molecule has 1 heterocycles. The zero-order chi connectivity index (χ0) is 16.2. The van der Waals surface area contributed by atoms with Crippen LogP contribution >= 0.6 is 23.5 Å². The number of esters is 1. The van der Waals surface area contributed by atoms with Crippen molar-refractivity contribution in [1.29, 1.82) is 0 Å². The molecule has 0 N–H and O–H groups in total. The number of carbonyl (C=O) groups excluding carboxylic acids is 1. The molecule has 0 aromatic heterocycles. The van der Waals surface area contributed by atoms with Gasteiger partial charge >= 0.3 is 5.97 Å². The molecule has 0 aliphatic carbocycles. The molecule has 1 fully saturated rings. The maximum Gasteiger partial charge on any atom is 0.343 e. The van der Waals surface area contributed by atoms with Gasteiger partial charge in [-0.25, -0.2) is 4.79 Å². The van der Waals surface area contributed by atoms with Crippen molar-refractivity contribution < 1.29 is 14.5 Å². The number of rotatable bonds is 4. The van der Waals surface area contributed by atoms with Crippen molar-refractivity contribution in [2.75, 3.05) is 11.5 Å². The van der Waals surface area contributed by atoms with Crippen molar-refractivity contribution in [2.24, 2.45) is 0 Å². The summed E-state index contributed by atoms with van der Waals surface area (Å²) >= 11 is 3.80. The van der Waals surface area contributed by atoms with Gasteiger partial charge in [0.15, 0.2) is 0 Å². The summed E-state index contributed by atoms with van der Waals surface area (Å²) in [6.45, 7) is 0. The van der Waals surface area contributed by atoms with E-state index in [1.807, 2.05) is 35.7 Å². The first-order chi connectivity index (χ1) is 11.1. The standard InChI is InChI=1S/C16H13NO4S2/c18-15(21-14-3-1-2-13(10-14)17(19)20)11-4-6-12(7-5-11)16-22-8-9-23-16/h1-7,10,16H,8-9H2. The normalized spacial score (nSPS) is 14.6. The molecule has 2 aromatic rings. The van der Waals surface area contributed by atoms with E-state index in [0.717, 1.165) is 11.5 Å². The lowest BCUT2D eigenvalue weighted by atomic mass is 10.1. The van der Waals surface area contributed by atoms with Crippen molar-refractivity contribution >= 4 is 35.2 Å². The number of benzene rings is 2. The van der Waals surface area contributed by atoms with Crippen LogP contribution in [0.15, 0.2) is 48.5 Å². The summed E-state index contributed by atoms with van der Waals surface area (Å²) in [5, 5.41) is 10.7. The minimum atomic E-state index is -0.525. The van der Waals surface area contributed by atoms with Crippen molar-refractivity contribution in [2.45, 2.75) is 4.58 Å². The number of ether oxygens (including phenoxy) is 1. The molecule has 1 saturated heterocycles. The molecule has 0 saturated carbocycles. The third kappa shape index (κ3) is 3.86. The summed E-state index contributed by atoms with van der Waals surface area (Å²) in [5.74, 6) is 1.93. The van der Waals surface area contributed by atoms with Gasteiger partial charge in [-0.1, -0.05) is 18.2 Å². The summed E-state index contributed by atoms with van der Waals surface area (Å²) in [7, 11) is 0. The quantitative estimate of drug-likeness (QED) is 0.356. The second-order valence-electron chi connectivity index (χ2n) is 4.84. The number of nitro benzene ring substituents is 1. The highest BCUT2D eigenvalue weighted by Crippen LogP contribution is 2.45. The van der Waals surface area contributed by atoms with Gasteiger partial charge < -0.3 is 4.74 Å². The van der Waals surface area contributed by atoms with Gasteiger partial charge in [0, 0.05) is 17.6 Å². The van der Waals surface area contributed by atoms with E-state index in [1.54, 1.807) is 12.1 Å². The first-order valence-corrected chi connectivity index (χ1v) is 9.03. The maximum absolute atomic E-state index is 12.1. The molecule has 118 valence electrons. The molecule has 0 atom stereocenters. The summed E-state index contributed by atoms with van der Waals surface area (Å²) in [6.07, 6.45) is 0. The molecule has 0 bridgehead atoms. The zero-order valence-electron chi connectivity index (χ0n) is 12.0. The van der Waals surface area contributed by atoms with Gasteiger partial charge in [0.2, 0.25) is 0 Å². The molecular weight excluding hydrogens is 334 g/mol. The van der Waals surface area contributed by atoms with Crippen molar-refractivity contribution in [3.63, 3.8) is 0 Å². The third-order valence-corrected chi connectivity index (χ3v) is 6.38. The van der Waals surface area contributed by atoms with Gasteiger partial charge in [-0.2, -0.15) is 0 Å². The van der Waals surface area contributed by atoms with Crippen molar-refractivity contribution in [1.82, 2.24) is 0 Å². The Hall–Kier alpha value is -1.99. The first-order valence-electron chi connectivity index (χ1n) is 6.93. The fraction of sp³-hybridized carbons (Fsp3) is 0.188. The molecule has 0 amide bonds. The van der Waals surface area contributed by atoms with Gasteiger partial charge in [-0.15, -0.1) is 23.5 Å². The molecule has 1 aliphatic rings. The highest BCUT2D eigenvalue weighted by Gasteiger charge is 2.19. The van der Waals surface area contributed by atoms with Gasteiger partial charge in [0.1, 0.15) is 5.75 Å². The Morgan fingerprint density at radius 1 is 1.13 bits per heavy atom. The summed E-state index contributed by atoms with van der Waals surface area (Å²) in [4.78, 5) is 22.3. The molecule has 1 aliphatic heterocycles. The summed E-state index contributed by atoms with van der Waals surface area (Å²) in [5.41, 5.74) is 1.50. The predicted molar refractivity (Wildman–Crippen MR) is 92.2 cm³/mol. The minimum Gasteiger partial charge on any atom is -0.423 e. The topological polar surface area (TPSA) is 69.4 Å². The van der Waals surface area contributed by atoms with Gasteiger partial charge in [-0.05, 0) is 23.8 Å². The van der Waals surface area contributed by atoms with Crippen LogP contribution in [0.4, 0.5) is 5.69 Å². The third-order valence-electron chi connectivity index (χ3n) is 3.28. The highest BCUT2D eigenvalue weighted by atomic mass is 32.2. The molecule has 0 spiro atoms. The van der Waals surface area contributed by atoms with E-state index in [4.69, 9.17) is 4.74 Å². The lowest BCUT2D eigenvalue weighted by Gasteiger charge is -2.09. The Kier molecular flexibility index (Phi) is 4.88. The maximum atomic E-state index is 12.1. The Bertz CT molecular complexity index is 727. The molecule has 23 heavy (non-hydrogen) atoms. The monoisotopic (exact) mass is 347 g/mol. The van der Waals surface area contributed by atoms with Crippen LogP contribution in [0.3, 0.4) is 0 Å². The molecule has 7 heteroatoms. The van der Waals surface area contributed by atoms with Crippen LogP contribution in [0.5, 0.6) is 5.75 Å². The van der Waals surface area contributed by atoms with E-state index in [0.29, 0.717) is 10.1 Å². The number of nitro groups is 1. The van der Waals surface area contributed by atoms with Crippen LogP contribution in [0.1, 0.15) is 20.5 Å². The summed E-state index contributed by atoms with van der Waals surface area (Å²) in [6, 6.07) is 12.9. The number of thioether (sulfide) groups is 2. The Balaban J connectivity index is 1.70. The molecule has 0 unspecified atom stereocenters. The fourth-order valence-electron chi connectivity index (χ4n) is 2.15. The van der Waals surface area contributed by atoms with Crippen LogP contribution in [-0.2, 0) is 0 Å². The average Bonchev–Trinajstić information content (AvgIpc) is 3.09. The number of hydrogen-bond acceptors (Lipinski definition) is 6. The van der Waals surface area contributed by atoms with E-state index >= 15 is 0 Å². The second-order valence-corrected chi connectivity index (χ2v) is 7.56.